The molecule has 1 atom stereocenters. The van der Waals surface area contributed by atoms with Crippen LogP contribution in [0.15, 0.2) is 0 Å². The molecule has 70 valence electrons. The van der Waals surface area contributed by atoms with E-state index in [0.717, 1.165) is 6.54 Å². The number of rotatable bonds is 2. The molecule has 0 aromatic heterocycles. The van der Waals surface area contributed by atoms with Crippen LogP contribution in [-0.2, 0) is 14.3 Å². The Balaban J connectivity index is 2.33. The zero-order chi connectivity index (χ0) is 8.97. The Morgan fingerprint density at radius 3 is 3.17 bits per heavy atom. The molecule has 1 saturated heterocycles. The minimum Gasteiger partial charge on any atom is -0.468 e. The van der Waals surface area contributed by atoms with Crippen LogP contribution >= 0.6 is 12.6 Å². The van der Waals surface area contributed by atoms with Crippen molar-refractivity contribution in [2.75, 3.05) is 33.4 Å². The van der Waals surface area contributed by atoms with Crippen molar-refractivity contribution in [3.63, 3.8) is 0 Å². The fourth-order valence-corrected chi connectivity index (χ4v) is 1.34. The first-order valence-electron chi connectivity index (χ1n) is 3.80. The summed E-state index contributed by atoms with van der Waals surface area (Å²) in [6.45, 7) is 2.27. The second-order valence-electron chi connectivity index (χ2n) is 2.60. The van der Waals surface area contributed by atoms with Gasteiger partial charge in [-0.05, 0) is 0 Å². The van der Waals surface area contributed by atoms with Crippen LogP contribution in [0.3, 0.4) is 0 Å². The lowest BCUT2D eigenvalue weighted by Crippen LogP contribution is -2.45. The lowest BCUT2D eigenvalue weighted by atomic mass is 10.4. The summed E-state index contributed by atoms with van der Waals surface area (Å²) < 4.78 is 9.70. The van der Waals surface area contributed by atoms with Crippen molar-refractivity contribution in [1.82, 2.24) is 4.90 Å². The van der Waals surface area contributed by atoms with Gasteiger partial charge in [-0.1, -0.05) is 0 Å². The minimum atomic E-state index is -0.226. The highest BCUT2D eigenvalue weighted by molar-refractivity contribution is 7.80. The topological polar surface area (TPSA) is 38.8 Å². The molecule has 1 unspecified atom stereocenters. The quantitative estimate of drug-likeness (QED) is 0.482. The average molecular weight is 191 g/mol. The Hall–Kier alpha value is -0.260. The highest BCUT2D eigenvalue weighted by Crippen LogP contribution is 2.09. The standard InChI is InChI=1S/C7H13NO3S/c1-10-7(9)4-8-2-3-11-5-6(8)12/h6,12H,2-5H2,1H3. The number of hydrogen-bond donors (Lipinski definition) is 1. The van der Waals surface area contributed by atoms with E-state index >= 15 is 0 Å². The summed E-state index contributed by atoms with van der Waals surface area (Å²) in [5.41, 5.74) is 0. The maximum atomic E-state index is 10.9. The molecule has 4 nitrogen and oxygen atoms in total. The molecule has 1 aliphatic rings. The van der Waals surface area contributed by atoms with Crippen LogP contribution in [0.1, 0.15) is 0 Å². The third-order valence-corrected chi connectivity index (χ3v) is 2.25. The summed E-state index contributed by atoms with van der Waals surface area (Å²) in [7, 11) is 1.39. The molecule has 1 fully saturated rings. The van der Waals surface area contributed by atoms with Crippen molar-refractivity contribution >= 4 is 18.6 Å². The molecule has 0 spiro atoms. The van der Waals surface area contributed by atoms with E-state index in [1.54, 1.807) is 0 Å². The molecule has 0 amide bonds. The van der Waals surface area contributed by atoms with E-state index in [4.69, 9.17) is 4.74 Å². The minimum absolute atomic E-state index is 0.0119. The summed E-state index contributed by atoms with van der Waals surface area (Å²) in [5, 5.41) is 0.0119. The van der Waals surface area contributed by atoms with E-state index in [2.05, 4.69) is 17.4 Å². The fraction of sp³-hybridized carbons (Fsp3) is 0.857. The maximum absolute atomic E-state index is 10.9. The van der Waals surface area contributed by atoms with Crippen LogP contribution in [0, 0.1) is 0 Å². The molecule has 0 aliphatic carbocycles. The molecular formula is C7H13NO3S. The lowest BCUT2D eigenvalue weighted by Gasteiger charge is -2.31. The maximum Gasteiger partial charge on any atom is 0.319 e. The largest absolute Gasteiger partial charge is 0.468 e. The predicted molar refractivity (Wildman–Crippen MR) is 47.2 cm³/mol. The first kappa shape index (κ1) is 9.83. The van der Waals surface area contributed by atoms with Crippen molar-refractivity contribution in [3.8, 4) is 0 Å². The van der Waals surface area contributed by atoms with Crippen LogP contribution in [0.5, 0.6) is 0 Å². The van der Waals surface area contributed by atoms with E-state index in [9.17, 15) is 4.79 Å². The monoisotopic (exact) mass is 191 g/mol. The normalized spacial score (nSPS) is 25.3. The fourth-order valence-electron chi connectivity index (χ4n) is 1.04. The van der Waals surface area contributed by atoms with Gasteiger partial charge in [-0.25, -0.2) is 0 Å². The van der Waals surface area contributed by atoms with E-state index in [1.807, 2.05) is 4.90 Å². The third kappa shape index (κ3) is 2.66. The first-order chi connectivity index (χ1) is 5.74. The van der Waals surface area contributed by atoms with Gasteiger partial charge >= 0.3 is 5.97 Å². The van der Waals surface area contributed by atoms with Gasteiger partial charge in [0.05, 0.1) is 32.2 Å². The molecule has 0 N–H and O–H groups in total. The zero-order valence-electron chi connectivity index (χ0n) is 7.02. The number of morpholine rings is 1. The Kier molecular flexibility index (Phi) is 3.84. The number of ether oxygens (including phenoxy) is 2. The molecule has 0 saturated carbocycles. The van der Waals surface area contributed by atoms with Crippen LogP contribution in [0.2, 0.25) is 0 Å². The second-order valence-corrected chi connectivity index (χ2v) is 3.20. The zero-order valence-corrected chi connectivity index (χ0v) is 7.92. The van der Waals surface area contributed by atoms with E-state index in [-0.39, 0.29) is 11.3 Å². The van der Waals surface area contributed by atoms with Gasteiger partial charge in [0, 0.05) is 6.54 Å². The smallest absolute Gasteiger partial charge is 0.319 e. The van der Waals surface area contributed by atoms with Gasteiger partial charge in [0.15, 0.2) is 0 Å². The van der Waals surface area contributed by atoms with Gasteiger partial charge in [0.25, 0.3) is 0 Å². The molecule has 0 aromatic rings. The average Bonchev–Trinajstić information content (AvgIpc) is 2.09. The summed E-state index contributed by atoms with van der Waals surface area (Å²) in [4.78, 5) is 12.8. The van der Waals surface area contributed by atoms with Crippen LogP contribution < -0.4 is 0 Å². The van der Waals surface area contributed by atoms with Gasteiger partial charge < -0.3 is 9.47 Å². The van der Waals surface area contributed by atoms with Crippen molar-refractivity contribution in [3.05, 3.63) is 0 Å². The predicted octanol–water partition coefficient (Wildman–Crippen LogP) is -0.252. The molecule has 0 aromatic carbocycles. The molecule has 12 heavy (non-hydrogen) atoms. The molecule has 1 heterocycles. The summed E-state index contributed by atoms with van der Waals surface area (Å²) in [6, 6.07) is 0. The number of thiol groups is 1. The van der Waals surface area contributed by atoms with Gasteiger partial charge in [0.2, 0.25) is 0 Å². The number of methoxy groups -OCH3 is 1. The van der Waals surface area contributed by atoms with Crippen molar-refractivity contribution in [1.29, 1.82) is 0 Å². The second kappa shape index (κ2) is 4.69. The lowest BCUT2D eigenvalue weighted by molar-refractivity contribution is -0.143. The van der Waals surface area contributed by atoms with E-state index < -0.39 is 0 Å². The van der Waals surface area contributed by atoms with Crippen LogP contribution in [-0.4, -0.2) is 49.7 Å². The number of esters is 1. The number of hydrogen-bond acceptors (Lipinski definition) is 5. The van der Waals surface area contributed by atoms with E-state index in [0.29, 0.717) is 19.8 Å². The van der Waals surface area contributed by atoms with Gasteiger partial charge in [-0.3, -0.25) is 9.69 Å². The van der Waals surface area contributed by atoms with E-state index in [1.165, 1.54) is 7.11 Å². The Morgan fingerprint density at radius 2 is 2.58 bits per heavy atom. The van der Waals surface area contributed by atoms with Crippen molar-refractivity contribution in [2.24, 2.45) is 0 Å². The van der Waals surface area contributed by atoms with Crippen molar-refractivity contribution < 1.29 is 14.3 Å². The first-order valence-corrected chi connectivity index (χ1v) is 4.32. The number of carbonyl (C=O) groups excluding carboxylic acids is 1. The molecule has 5 heteroatoms. The highest BCUT2D eigenvalue weighted by Gasteiger charge is 2.21. The Labute approximate surface area is 77.2 Å². The SMILES string of the molecule is COC(=O)CN1CCOCC1S. The van der Waals surface area contributed by atoms with Crippen LogP contribution in [0.4, 0.5) is 0 Å². The Morgan fingerprint density at radius 1 is 1.83 bits per heavy atom. The highest BCUT2D eigenvalue weighted by atomic mass is 32.1. The van der Waals surface area contributed by atoms with Crippen molar-refractivity contribution in [2.45, 2.75) is 5.37 Å². The summed E-state index contributed by atoms with van der Waals surface area (Å²) in [6.07, 6.45) is 0. The third-order valence-electron chi connectivity index (χ3n) is 1.77. The Bertz CT molecular complexity index is 165. The molecule has 0 bridgehead atoms. The van der Waals surface area contributed by atoms with Gasteiger partial charge in [-0.15, -0.1) is 0 Å². The van der Waals surface area contributed by atoms with Crippen LogP contribution in [0.25, 0.3) is 0 Å². The number of nitrogens with zero attached hydrogens (tertiary/aromatic N) is 1. The van der Waals surface area contributed by atoms with Gasteiger partial charge in [0.1, 0.15) is 0 Å². The molecule has 1 aliphatic heterocycles. The summed E-state index contributed by atoms with van der Waals surface area (Å²) >= 11 is 4.26. The molecule has 1 rings (SSSR count). The van der Waals surface area contributed by atoms with Gasteiger partial charge in [-0.2, -0.15) is 12.6 Å². The molecule has 0 radical (unpaired) electrons. The summed E-state index contributed by atoms with van der Waals surface area (Å²) in [5.74, 6) is -0.226. The molecular weight excluding hydrogens is 178 g/mol. The number of carbonyl (C=O) groups is 1.